The van der Waals surface area contributed by atoms with Crippen LogP contribution in [0.3, 0.4) is 0 Å². The lowest BCUT2D eigenvalue weighted by Crippen LogP contribution is -2.30. The van der Waals surface area contributed by atoms with Gasteiger partial charge >= 0.3 is 5.97 Å². The normalized spacial score (nSPS) is 28.9. The van der Waals surface area contributed by atoms with Gasteiger partial charge in [0.2, 0.25) is 0 Å². The highest BCUT2D eigenvalue weighted by atomic mass is 16.5. The van der Waals surface area contributed by atoms with Gasteiger partial charge in [0.1, 0.15) is 0 Å². The maximum Gasteiger partial charge on any atom is 0.303 e. The van der Waals surface area contributed by atoms with Gasteiger partial charge in [0.05, 0.1) is 6.10 Å². The molecule has 0 unspecified atom stereocenters. The molecular weight excluding hydrogens is 300 g/mol. The lowest BCUT2D eigenvalue weighted by molar-refractivity contribution is -0.137. The SMILES string of the molecule is CCCCCCCO[C@H]1[C@H]2CC[C@H](C2)[C@H]1CC=CCCCC(=O)O. The summed E-state index contributed by atoms with van der Waals surface area (Å²) in [5.41, 5.74) is 0. The smallest absolute Gasteiger partial charge is 0.303 e. The lowest BCUT2D eigenvalue weighted by atomic mass is 9.84. The first kappa shape index (κ1) is 19.5. The van der Waals surface area contributed by atoms with Gasteiger partial charge in [0, 0.05) is 13.0 Å². The molecule has 2 bridgehead atoms. The van der Waals surface area contributed by atoms with Gasteiger partial charge in [-0.2, -0.15) is 0 Å². The van der Waals surface area contributed by atoms with Gasteiger partial charge in [0.15, 0.2) is 0 Å². The van der Waals surface area contributed by atoms with Crippen LogP contribution in [-0.2, 0) is 9.53 Å². The largest absolute Gasteiger partial charge is 0.481 e. The number of hydrogen-bond acceptors (Lipinski definition) is 2. The van der Waals surface area contributed by atoms with Crippen molar-refractivity contribution < 1.29 is 14.6 Å². The van der Waals surface area contributed by atoms with Crippen molar-refractivity contribution in [3.05, 3.63) is 12.2 Å². The first-order valence-electron chi connectivity index (χ1n) is 10.2. The number of carboxylic acid groups (broad SMARTS) is 1. The number of ether oxygens (including phenoxy) is 1. The molecule has 0 saturated heterocycles. The highest BCUT2D eigenvalue weighted by molar-refractivity contribution is 5.66. The number of rotatable bonds is 13. The van der Waals surface area contributed by atoms with Crippen molar-refractivity contribution >= 4 is 5.97 Å². The summed E-state index contributed by atoms with van der Waals surface area (Å²) in [6.45, 7) is 3.20. The summed E-state index contributed by atoms with van der Waals surface area (Å²) >= 11 is 0. The molecule has 0 heterocycles. The molecule has 0 aromatic heterocycles. The predicted molar refractivity (Wildman–Crippen MR) is 98.1 cm³/mol. The first-order chi connectivity index (χ1) is 11.7. The molecule has 2 fully saturated rings. The van der Waals surface area contributed by atoms with E-state index in [1.165, 1.54) is 51.4 Å². The fourth-order valence-electron chi connectivity index (χ4n) is 4.61. The number of fused-ring (bicyclic) bond motifs is 2. The van der Waals surface area contributed by atoms with Gasteiger partial charge in [-0.1, -0.05) is 44.8 Å². The van der Waals surface area contributed by atoms with E-state index in [9.17, 15) is 4.79 Å². The van der Waals surface area contributed by atoms with Crippen LogP contribution < -0.4 is 0 Å². The molecule has 4 atom stereocenters. The van der Waals surface area contributed by atoms with Crippen LogP contribution in [0.25, 0.3) is 0 Å². The number of carbonyl (C=O) groups is 1. The molecule has 2 rings (SSSR count). The zero-order chi connectivity index (χ0) is 17.2. The van der Waals surface area contributed by atoms with E-state index >= 15 is 0 Å². The van der Waals surface area contributed by atoms with Crippen LogP contribution in [0.1, 0.15) is 84.0 Å². The highest BCUT2D eigenvalue weighted by Gasteiger charge is 2.47. The molecule has 3 heteroatoms. The second-order valence-corrected chi connectivity index (χ2v) is 7.74. The molecule has 0 amide bonds. The molecule has 138 valence electrons. The number of allylic oxidation sites excluding steroid dienone is 2. The first-order valence-corrected chi connectivity index (χ1v) is 10.2. The maximum atomic E-state index is 10.5. The average molecular weight is 337 g/mol. The van der Waals surface area contributed by atoms with Crippen molar-refractivity contribution in [3.8, 4) is 0 Å². The second kappa shape index (κ2) is 10.9. The molecule has 24 heavy (non-hydrogen) atoms. The third kappa shape index (κ3) is 6.23. The summed E-state index contributed by atoms with van der Waals surface area (Å²) < 4.78 is 6.33. The van der Waals surface area contributed by atoms with Crippen LogP contribution in [0, 0.1) is 17.8 Å². The Bertz CT molecular complexity index is 391. The summed E-state index contributed by atoms with van der Waals surface area (Å²) in [5, 5.41) is 8.66. The molecule has 0 spiro atoms. The van der Waals surface area contributed by atoms with Gasteiger partial charge in [-0.25, -0.2) is 0 Å². The third-order valence-electron chi connectivity index (χ3n) is 5.90. The minimum Gasteiger partial charge on any atom is -0.481 e. The molecule has 1 N–H and O–H groups in total. The van der Waals surface area contributed by atoms with E-state index in [0.29, 0.717) is 12.0 Å². The van der Waals surface area contributed by atoms with Crippen LogP contribution in [0.2, 0.25) is 0 Å². The van der Waals surface area contributed by atoms with E-state index in [1.807, 2.05) is 0 Å². The fourth-order valence-corrected chi connectivity index (χ4v) is 4.61. The Labute approximate surface area is 147 Å². The lowest BCUT2D eigenvalue weighted by Gasteiger charge is -2.30. The van der Waals surface area contributed by atoms with E-state index in [4.69, 9.17) is 9.84 Å². The zero-order valence-corrected chi connectivity index (χ0v) is 15.4. The van der Waals surface area contributed by atoms with Gasteiger partial charge in [-0.3, -0.25) is 4.79 Å². The summed E-state index contributed by atoms with van der Waals surface area (Å²) in [6, 6.07) is 0. The Balaban J connectivity index is 1.65. The van der Waals surface area contributed by atoms with E-state index in [1.54, 1.807) is 0 Å². The summed E-state index contributed by atoms with van der Waals surface area (Å²) in [5.74, 6) is 1.68. The number of unbranched alkanes of at least 4 members (excludes halogenated alkanes) is 5. The quantitative estimate of drug-likeness (QED) is 0.352. The van der Waals surface area contributed by atoms with Crippen LogP contribution in [0.15, 0.2) is 12.2 Å². The molecule has 0 aromatic carbocycles. The molecule has 0 aromatic rings. The van der Waals surface area contributed by atoms with Crippen molar-refractivity contribution in [2.24, 2.45) is 17.8 Å². The van der Waals surface area contributed by atoms with Crippen molar-refractivity contribution in [2.45, 2.75) is 90.1 Å². The molecule has 2 aliphatic carbocycles. The molecule has 2 aliphatic rings. The third-order valence-corrected chi connectivity index (χ3v) is 5.90. The molecule has 0 aliphatic heterocycles. The summed E-state index contributed by atoms with van der Waals surface area (Å²) in [4.78, 5) is 10.5. The predicted octanol–water partition coefficient (Wildman–Crippen LogP) is 5.59. The van der Waals surface area contributed by atoms with Crippen LogP contribution in [0.4, 0.5) is 0 Å². The topological polar surface area (TPSA) is 46.5 Å². The summed E-state index contributed by atoms with van der Waals surface area (Å²) in [7, 11) is 0. The summed E-state index contributed by atoms with van der Waals surface area (Å²) in [6.07, 6.45) is 18.6. The molecular formula is C21H36O3. The van der Waals surface area contributed by atoms with E-state index in [-0.39, 0.29) is 6.42 Å². The highest BCUT2D eigenvalue weighted by Crippen LogP contribution is 2.51. The number of aliphatic carboxylic acids is 1. The van der Waals surface area contributed by atoms with Gasteiger partial charge in [-0.05, 0) is 62.7 Å². The Morgan fingerprint density at radius 1 is 1.08 bits per heavy atom. The van der Waals surface area contributed by atoms with E-state index in [0.717, 1.165) is 37.7 Å². The Kier molecular flexibility index (Phi) is 8.87. The van der Waals surface area contributed by atoms with Gasteiger partial charge < -0.3 is 9.84 Å². The van der Waals surface area contributed by atoms with E-state index < -0.39 is 5.97 Å². The standard InChI is InChI=1S/C21H36O3/c1-2-3-4-7-10-15-24-21-18-14-13-17(16-18)19(21)11-8-5-6-9-12-20(22)23/h5,8,17-19,21H,2-4,6-7,9-16H2,1H3,(H,22,23)/t17-,18+,19-,21+/m1/s1. The minimum absolute atomic E-state index is 0.280. The molecule has 0 radical (unpaired) electrons. The van der Waals surface area contributed by atoms with Crippen molar-refractivity contribution in [3.63, 3.8) is 0 Å². The monoisotopic (exact) mass is 336 g/mol. The molecule has 2 saturated carbocycles. The minimum atomic E-state index is -0.691. The van der Waals surface area contributed by atoms with Crippen molar-refractivity contribution in [2.75, 3.05) is 6.61 Å². The number of carboxylic acids is 1. The van der Waals surface area contributed by atoms with Crippen molar-refractivity contribution in [1.29, 1.82) is 0 Å². The maximum absolute atomic E-state index is 10.5. The van der Waals surface area contributed by atoms with Crippen LogP contribution in [0.5, 0.6) is 0 Å². The Morgan fingerprint density at radius 2 is 1.88 bits per heavy atom. The zero-order valence-electron chi connectivity index (χ0n) is 15.4. The Morgan fingerprint density at radius 3 is 2.67 bits per heavy atom. The average Bonchev–Trinajstić information content (AvgIpc) is 3.15. The number of hydrogen-bond donors (Lipinski definition) is 1. The van der Waals surface area contributed by atoms with E-state index in [2.05, 4.69) is 19.1 Å². The second-order valence-electron chi connectivity index (χ2n) is 7.74. The molecule has 3 nitrogen and oxygen atoms in total. The van der Waals surface area contributed by atoms with Gasteiger partial charge in [0.25, 0.3) is 0 Å². The van der Waals surface area contributed by atoms with Crippen LogP contribution in [-0.4, -0.2) is 23.8 Å². The Hall–Kier alpha value is -0.830. The van der Waals surface area contributed by atoms with Crippen LogP contribution >= 0.6 is 0 Å². The fraction of sp³-hybridized carbons (Fsp3) is 0.857. The van der Waals surface area contributed by atoms with Crippen molar-refractivity contribution in [1.82, 2.24) is 0 Å². The van der Waals surface area contributed by atoms with Gasteiger partial charge in [-0.15, -0.1) is 0 Å².